The summed E-state index contributed by atoms with van der Waals surface area (Å²) >= 11 is 0. The van der Waals surface area contributed by atoms with E-state index in [0.717, 1.165) is 5.56 Å². The zero-order valence-corrected chi connectivity index (χ0v) is 12.1. The Kier molecular flexibility index (Phi) is 4.99. The van der Waals surface area contributed by atoms with Gasteiger partial charge in [0.15, 0.2) is 11.5 Å². The predicted octanol–water partition coefficient (Wildman–Crippen LogP) is -0.120. The predicted molar refractivity (Wildman–Crippen MR) is 76.1 cm³/mol. The first-order valence-corrected chi connectivity index (χ1v) is 6.62. The molecule has 1 fully saturated rings. The van der Waals surface area contributed by atoms with E-state index < -0.39 is 6.04 Å². The first kappa shape index (κ1) is 15.1. The summed E-state index contributed by atoms with van der Waals surface area (Å²) in [5, 5.41) is 5.43. The highest BCUT2D eigenvalue weighted by atomic mass is 16.5. The summed E-state index contributed by atoms with van der Waals surface area (Å²) in [6.45, 7) is 1.53. The molecule has 1 unspecified atom stereocenters. The number of hydrogen-bond acceptors (Lipinski definition) is 5. The molecule has 1 aliphatic rings. The summed E-state index contributed by atoms with van der Waals surface area (Å²) in [7, 11) is 3.11. The second-order valence-corrected chi connectivity index (χ2v) is 4.60. The van der Waals surface area contributed by atoms with Gasteiger partial charge in [0.1, 0.15) is 6.04 Å². The van der Waals surface area contributed by atoms with Gasteiger partial charge in [-0.05, 0) is 17.7 Å². The zero-order valence-electron chi connectivity index (χ0n) is 12.1. The van der Waals surface area contributed by atoms with Crippen molar-refractivity contribution in [3.8, 4) is 11.5 Å². The monoisotopic (exact) mass is 293 g/mol. The standard InChI is InChI=1S/C14H19N3O4/c1-20-11-4-3-10(7-12(11)21-2)13-14(19)16-5-6-17(13)8-15-9-18/h3-4,7,9,13H,5-6,8H2,1-2H3,(H,15,18)(H,16,19). The van der Waals surface area contributed by atoms with Crippen molar-refractivity contribution >= 4 is 12.3 Å². The summed E-state index contributed by atoms with van der Waals surface area (Å²) < 4.78 is 10.5. The molecule has 114 valence electrons. The van der Waals surface area contributed by atoms with Gasteiger partial charge in [0.2, 0.25) is 12.3 Å². The molecular weight excluding hydrogens is 274 g/mol. The Balaban J connectivity index is 2.30. The van der Waals surface area contributed by atoms with Crippen LogP contribution >= 0.6 is 0 Å². The van der Waals surface area contributed by atoms with Crippen LogP contribution in [0.2, 0.25) is 0 Å². The Bertz CT molecular complexity index is 521. The summed E-state index contributed by atoms with van der Waals surface area (Å²) in [6.07, 6.45) is 0.623. The van der Waals surface area contributed by atoms with E-state index in [1.807, 2.05) is 11.0 Å². The van der Waals surface area contributed by atoms with Crippen LogP contribution < -0.4 is 20.1 Å². The maximum Gasteiger partial charge on any atom is 0.242 e. The van der Waals surface area contributed by atoms with Crippen LogP contribution in [0.25, 0.3) is 0 Å². The van der Waals surface area contributed by atoms with Crippen molar-refractivity contribution < 1.29 is 19.1 Å². The van der Waals surface area contributed by atoms with Crippen LogP contribution in [0.15, 0.2) is 18.2 Å². The average molecular weight is 293 g/mol. The fourth-order valence-electron chi connectivity index (χ4n) is 2.42. The second-order valence-electron chi connectivity index (χ2n) is 4.60. The minimum Gasteiger partial charge on any atom is -0.493 e. The smallest absolute Gasteiger partial charge is 0.242 e. The highest BCUT2D eigenvalue weighted by Gasteiger charge is 2.31. The van der Waals surface area contributed by atoms with Crippen molar-refractivity contribution in [2.75, 3.05) is 34.0 Å². The summed E-state index contributed by atoms with van der Waals surface area (Å²) in [4.78, 5) is 24.6. The number of methoxy groups -OCH3 is 2. The number of benzene rings is 1. The molecule has 2 amide bonds. The maximum absolute atomic E-state index is 12.2. The number of nitrogens with one attached hydrogen (secondary N) is 2. The molecule has 0 bridgehead atoms. The van der Waals surface area contributed by atoms with Gasteiger partial charge >= 0.3 is 0 Å². The van der Waals surface area contributed by atoms with E-state index in [4.69, 9.17) is 9.47 Å². The van der Waals surface area contributed by atoms with Crippen LogP contribution in [0.5, 0.6) is 11.5 Å². The van der Waals surface area contributed by atoms with Gasteiger partial charge in [-0.25, -0.2) is 0 Å². The van der Waals surface area contributed by atoms with E-state index in [2.05, 4.69) is 10.6 Å². The van der Waals surface area contributed by atoms with Crippen molar-refractivity contribution in [1.29, 1.82) is 0 Å². The first-order chi connectivity index (χ1) is 10.2. The van der Waals surface area contributed by atoms with Gasteiger partial charge in [0.25, 0.3) is 0 Å². The minimum absolute atomic E-state index is 0.0961. The van der Waals surface area contributed by atoms with Gasteiger partial charge in [0, 0.05) is 13.1 Å². The van der Waals surface area contributed by atoms with E-state index >= 15 is 0 Å². The van der Waals surface area contributed by atoms with E-state index in [1.54, 1.807) is 26.4 Å². The fraction of sp³-hybridized carbons (Fsp3) is 0.429. The molecule has 7 nitrogen and oxygen atoms in total. The van der Waals surface area contributed by atoms with E-state index in [1.165, 1.54) is 0 Å². The van der Waals surface area contributed by atoms with Gasteiger partial charge in [-0.2, -0.15) is 0 Å². The fourth-order valence-corrected chi connectivity index (χ4v) is 2.42. The molecule has 0 radical (unpaired) electrons. The molecule has 1 aromatic carbocycles. The number of amides is 2. The number of carbonyl (C=O) groups excluding carboxylic acids is 2. The number of carbonyl (C=O) groups is 2. The van der Waals surface area contributed by atoms with Gasteiger partial charge in [-0.3, -0.25) is 14.5 Å². The van der Waals surface area contributed by atoms with Gasteiger partial charge < -0.3 is 20.1 Å². The van der Waals surface area contributed by atoms with Crippen LogP contribution in [0, 0.1) is 0 Å². The molecule has 0 saturated carbocycles. The van der Waals surface area contributed by atoms with Crippen molar-refractivity contribution in [2.24, 2.45) is 0 Å². The number of ether oxygens (including phenoxy) is 2. The Morgan fingerprint density at radius 1 is 1.38 bits per heavy atom. The van der Waals surface area contributed by atoms with Crippen LogP contribution in [-0.4, -0.2) is 51.2 Å². The van der Waals surface area contributed by atoms with E-state index in [-0.39, 0.29) is 5.91 Å². The molecule has 1 aliphatic heterocycles. The Morgan fingerprint density at radius 2 is 2.14 bits per heavy atom. The van der Waals surface area contributed by atoms with Crippen molar-refractivity contribution in [3.63, 3.8) is 0 Å². The van der Waals surface area contributed by atoms with Gasteiger partial charge in [-0.1, -0.05) is 6.07 Å². The summed E-state index contributed by atoms with van der Waals surface area (Å²) in [5.41, 5.74) is 0.789. The summed E-state index contributed by atoms with van der Waals surface area (Å²) in [5.74, 6) is 1.08. The highest BCUT2D eigenvalue weighted by Crippen LogP contribution is 2.32. The first-order valence-electron chi connectivity index (χ1n) is 6.62. The highest BCUT2D eigenvalue weighted by molar-refractivity contribution is 5.84. The van der Waals surface area contributed by atoms with Crippen LogP contribution in [0.4, 0.5) is 0 Å². The molecule has 2 N–H and O–H groups in total. The van der Waals surface area contributed by atoms with Crippen molar-refractivity contribution in [1.82, 2.24) is 15.5 Å². The third-order valence-corrected chi connectivity index (χ3v) is 3.41. The Hall–Kier alpha value is -2.28. The molecule has 1 atom stereocenters. The lowest BCUT2D eigenvalue weighted by molar-refractivity contribution is -0.130. The number of rotatable bonds is 6. The molecule has 7 heteroatoms. The molecule has 0 aliphatic carbocycles. The van der Waals surface area contributed by atoms with Crippen LogP contribution in [0.1, 0.15) is 11.6 Å². The average Bonchev–Trinajstić information content (AvgIpc) is 2.52. The maximum atomic E-state index is 12.2. The van der Waals surface area contributed by atoms with Crippen molar-refractivity contribution in [3.05, 3.63) is 23.8 Å². The van der Waals surface area contributed by atoms with Gasteiger partial charge in [-0.15, -0.1) is 0 Å². The lowest BCUT2D eigenvalue weighted by Gasteiger charge is -2.35. The quantitative estimate of drug-likeness (QED) is 0.715. The van der Waals surface area contributed by atoms with E-state index in [0.29, 0.717) is 37.7 Å². The molecule has 1 aromatic rings. The number of piperazine rings is 1. The minimum atomic E-state index is -0.467. The normalized spacial score (nSPS) is 18.8. The third kappa shape index (κ3) is 3.25. The molecule has 1 heterocycles. The SMILES string of the molecule is COc1ccc(C2C(=O)NCCN2CNC=O)cc1OC. The largest absolute Gasteiger partial charge is 0.493 e. The molecule has 0 spiro atoms. The molecule has 2 rings (SSSR count). The van der Waals surface area contributed by atoms with Crippen LogP contribution in [0.3, 0.4) is 0 Å². The second kappa shape index (κ2) is 6.94. The number of hydrogen-bond donors (Lipinski definition) is 2. The molecule has 0 aromatic heterocycles. The third-order valence-electron chi connectivity index (χ3n) is 3.41. The molecular formula is C14H19N3O4. The number of nitrogens with zero attached hydrogens (tertiary/aromatic N) is 1. The Morgan fingerprint density at radius 3 is 2.81 bits per heavy atom. The zero-order chi connectivity index (χ0) is 15.2. The van der Waals surface area contributed by atoms with Crippen molar-refractivity contribution in [2.45, 2.75) is 6.04 Å². The summed E-state index contributed by atoms with van der Waals surface area (Å²) in [6, 6.07) is 4.90. The molecule has 21 heavy (non-hydrogen) atoms. The lowest BCUT2D eigenvalue weighted by atomic mass is 10.0. The van der Waals surface area contributed by atoms with Crippen LogP contribution in [-0.2, 0) is 9.59 Å². The van der Waals surface area contributed by atoms with Gasteiger partial charge in [0.05, 0.1) is 20.9 Å². The topological polar surface area (TPSA) is 79.9 Å². The Labute approximate surface area is 123 Å². The lowest BCUT2D eigenvalue weighted by Crippen LogP contribution is -2.52. The molecule has 1 saturated heterocycles. The van der Waals surface area contributed by atoms with E-state index in [9.17, 15) is 9.59 Å².